The van der Waals surface area contributed by atoms with Crippen LogP contribution in [-0.2, 0) is 0 Å². The van der Waals surface area contributed by atoms with Crippen molar-refractivity contribution in [2.75, 3.05) is 0 Å². The van der Waals surface area contributed by atoms with E-state index in [-0.39, 0.29) is 6.71 Å². The first-order valence-electron chi connectivity index (χ1n) is 15.8. The van der Waals surface area contributed by atoms with E-state index >= 15 is 0 Å². The van der Waals surface area contributed by atoms with Gasteiger partial charge in [0.15, 0.2) is 0 Å². The van der Waals surface area contributed by atoms with Gasteiger partial charge in [-0.2, -0.15) is 0 Å². The lowest BCUT2D eigenvalue weighted by molar-refractivity contribution is 0.487. The third kappa shape index (κ3) is 3.55. The highest BCUT2D eigenvalue weighted by atomic mass is 16.5. The molecule has 0 N–H and O–H groups in total. The Morgan fingerprint density at radius 2 is 0.935 bits per heavy atom. The van der Waals surface area contributed by atoms with E-state index in [0.29, 0.717) is 0 Å². The fourth-order valence-corrected chi connectivity index (χ4v) is 7.71. The zero-order chi connectivity index (χ0) is 30.2. The number of hydrogen-bond acceptors (Lipinski definition) is 1. The van der Waals surface area contributed by atoms with Crippen molar-refractivity contribution < 1.29 is 4.74 Å². The molecule has 0 saturated carbocycles. The summed E-state index contributed by atoms with van der Waals surface area (Å²) in [5.74, 6) is 1.81. The standard InChI is InChI=1S/C42H27BN2O/c1-3-13-28(14-4-1)43-35-19-9-12-22-39(35)46-40-27-30(23-26-36(40)43)45-38-21-11-8-18-32(38)34-25-24-33-31-17-7-10-20-37(31)44(41(33)42(34)45)29-15-5-2-6-16-29/h1-27H. The van der Waals surface area contributed by atoms with E-state index in [2.05, 4.69) is 173 Å². The Morgan fingerprint density at radius 1 is 0.391 bits per heavy atom. The van der Waals surface area contributed by atoms with Gasteiger partial charge in [-0.15, -0.1) is 0 Å². The molecule has 9 aromatic rings. The second-order valence-electron chi connectivity index (χ2n) is 12.1. The van der Waals surface area contributed by atoms with Crippen LogP contribution in [0.3, 0.4) is 0 Å². The second-order valence-corrected chi connectivity index (χ2v) is 12.1. The fourth-order valence-electron chi connectivity index (χ4n) is 7.71. The first-order chi connectivity index (χ1) is 22.8. The minimum atomic E-state index is 0.0978. The number of nitrogens with zero attached hydrogens (tertiary/aromatic N) is 2. The molecule has 46 heavy (non-hydrogen) atoms. The first kappa shape index (κ1) is 25.3. The van der Waals surface area contributed by atoms with Gasteiger partial charge in [-0.25, -0.2) is 0 Å². The van der Waals surface area contributed by atoms with Crippen LogP contribution in [0, 0.1) is 0 Å². The minimum absolute atomic E-state index is 0.0978. The molecule has 1 aliphatic heterocycles. The van der Waals surface area contributed by atoms with Crippen LogP contribution < -0.4 is 21.1 Å². The normalized spacial score (nSPS) is 12.5. The van der Waals surface area contributed by atoms with Crippen molar-refractivity contribution in [3.05, 3.63) is 164 Å². The van der Waals surface area contributed by atoms with Gasteiger partial charge in [0.05, 0.1) is 22.1 Å². The maximum atomic E-state index is 6.70. The molecule has 0 amide bonds. The summed E-state index contributed by atoms with van der Waals surface area (Å²) in [4.78, 5) is 0. The van der Waals surface area contributed by atoms with Crippen LogP contribution in [0.1, 0.15) is 0 Å². The number of para-hydroxylation sites is 4. The van der Waals surface area contributed by atoms with Crippen molar-refractivity contribution in [3.63, 3.8) is 0 Å². The summed E-state index contributed by atoms with van der Waals surface area (Å²) in [6.45, 7) is 0.0978. The van der Waals surface area contributed by atoms with Crippen LogP contribution in [0.4, 0.5) is 0 Å². The Hall–Kier alpha value is -6.00. The van der Waals surface area contributed by atoms with Crippen molar-refractivity contribution in [1.82, 2.24) is 9.13 Å². The Balaban J connectivity index is 1.31. The van der Waals surface area contributed by atoms with E-state index in [0.717, 1.165) is 22.9 Å². The molecule has 4 heteroatoms. The molecule has 2 aromatic heterocycles. The summed E-state index contributed by atoms with van der Waals surface area (Å²) in [6.07, 6.45) is 0. The largest absolute Gasteiger partial charge is 0.458 e. The van der Waals surface area contributed by atoms with E-state index in [4.69, 9.17) is 4.74 Å². The van der Waals surface area contributed by atoms with Gasteiger partial charge in [0.2, 0.25) is 0 Å². The average Bonchev–Trinajstić information content (AvgIpc) is 3.64. The molecule has 3 nitrogen and oxygen atoms in total. The molecule has 0 unspecified atom stereocenters. The summed E-state index contributed by atoms with van der Waals surface area (Å²) in [7, 11) is 0. The third-order valence-electron chi connectivity index (χ3n) is 9.63. The van der Waals surface area contributed by atoms with Crippen molar-refractivity contribution in [2.45, 2.75) is 0 Å². The lowest BCUT2D eigenvalue weighted by Gasteiger charge is -2.27. The van der Waals surface area contributed by atoms with E-state index in [9.17, 15) is 0 Å². The summed E-state index contributed by atoms with van der Waals surface area (Å²) in [6, 6.07) is 58.8. The molecule has 214 valence electrons. The average molecular weight is 587 g/mol. The Bertz CT molecular complexity index is 2620. The molecule has 0 fully saturated rings. The SMILES string of the molecule is c1ccc(B2c3ccccc3Oc3cc(-n4c5ccccc5c5ccc6c7ccccc7n(-c7ccccc7)c6c54)ccc32)cc1. The molecule has 1 aliphatic rings. The summed E-state index contributed by atoms with van der Waals surface area (Å²) in [5, 5.41) is 4.95. The summed E-state index contributed by atoms with van der Waals surface area (Å²) >= 11 is 0. The van der Waals surface area contributed by atoms with Crippen molar-refractivity contribution in [2.24, 2.45) is 0 Å². The van der Waals surface area contributed by atoms with Crippen LogP contribution in [0.15, 0.2) is 164 Å². The zero-order valence-corrected chi connectivity index (χ0v) is 25.0. The maximum Gasteiger partial charge on any atom is 0.250 e. The lowest BCUT2D eigenvalue weighted by Crippen LogP contribution is -2.54. The van der Waals surface area contributed by atoms with Gasteiger partial charge in [0.25, 0.3) is 6.71 Å². The molecule has 0 bridgehead atoms. The van der Waals surface area contributed by atoms with E-state index in [1.807, 2.05) is 0 Å². The van der Waals surface area contributed by atoms with Crippen LogP contribution in [0.25, 0.3) is 55.0 Å². The van der Waals surface area contributed by atoms with Gasteiger partial charge in [-0.05, 0) is 47.3 Å². The maximum absolute atomic E-state index is 6.70. The molecule has 10 rings (SSSR count). The van der Waals surface area contributed by atoms with Gasteiger partial charge in [0.1, 0.15) is 11.5 Å². The Labute approximate surface area is 266 Å². The molecule has 0 spiro atoms. The zero-order valence-electron chi connectivity index (χ0n) is 25.0. The number of rotatable bonds is 3. The molecule has 0 saturated heterocycles. The Kier molecular flexibility index (Phi) is 5.37. The highest BCUT2D eigenvalue weighted by molar-refractivity contribution is 6.96. The fraction of sp³-hybridized carbons (Fsp3) is 0. The van der Waals surface area contributed by atoms with Crippen molar-refractivity contribution in [1.29, 1.82) is 0 Å². The van der Waals surface area contributed by atoms with Gasteiger partial charge >= 0.3 is 0 Å². The molecular weight excluding hydrogens is 559 g/mol. The predicted molar refractivity (Wildman–Crippen MR) is 193 cm³/mol. The topological polar surface area (TPSA) is 19.1 Å². The number of fused-ring (bicyclic) bond motifs is 9. The smallest absolute Gasteiger partial charge is 0.250 e. The summed E-state index contributed by atoms with van der Waals surface area (Å²) < 4.78 is 11.6. The van der Waals surface area contributed by atoms with E-state index < -0.39 is 0 Å². The molecule has 7 aromatic carbocycles. The predicted octanol–water partition coefficient (Wildman–Crippen LogP) is 8.50. The molecule has 0 radical (unpaired) electrons. The van der Waals surface area contributed by atoms with Gasteiger partial charge in [-0.1, -0.05) is 127 Å². The van der Waals surface area contributed by atoms with Crippen LogP contribution in [-0.4, -0.2) is 15.8 Å². The number of ether oxygens (including phenoxy) is 1. The van der Waals surface area contributed by atoms with Crippen molar-refractivity contribution >= 4 is 66.7 Å². The van der Waals surface area contributed by atoms with Gasteiger partial charge in [0, 0.05) is 39.0 Å². The number of benzene rings is 7. The molecule has 0 aliphatic carbocycles. The first-order valence-corrected chi connectivity index (χ1v) is 15.8. The van der Waals surface area contributed by atoms with Gasteiger partial charge < -0.3 is 13.9 Å². The van der Waals surface area contributed by atoms with Crippen LogP contribution >= 0.6 is 0 Å². The second kappa shape index (κ2) is 9.75. The van der Waals surface area contributed by atoms with Gasteiger partial charge in [-0.3, -0.25) is 0 Å². The minimum Gasteiger partial charge on any atom is -0.458 e. The quantitative estimate of drug-likeness (QED) is 0.190. The Morgan fingerprint density at radius 3 is 1.63 bits per heavy atom. The van der Waals surface area contributed by atoms with Crippen LogP contribution in [0.2, 0.25) is 0 Å². The molecule has 3 heterocycles. The van der Waals surface area contributed by atoms with Crippen molar-refractivity contribution in [3.8, 4) is 22.9 Å². The highest BCUT2D eigenvalue weighted by Gasteiger charge is 2.32. The number of hydrogen-bond donors (Lipinski definition) is 0. The molecule has 0 atom stereocenters. The lowest BCUT2D eigenvalue weighted by atomic mass is 9.36. The third-order valence-corrected chi connectivity index (χ3v) is 9.63. The van der Waals surface area contributed by atoms with E-state index in [1.165, 1.54) is 60.0 Å². The van der Waals surface area contributed by atoms with E-state index in [1.54, 1.807) is 0 Å². The summed E-state index contributed by atoms with van der Waals surface area (Å²) in [5.41, 5.74) is 10.6. The molecular formula is C42H27BN2O. The highest BCUT2D eigenvalue weighted by Crippen LogP contribution is 2.42. The monoisotopic (exact) mass is 586 g/mol. The number of aromatic nitrogens is 2. The van der Waals surface area contributed by atoms with Crippen LogP contribution in [0.5, 0.6) is 11.5 Å².